The van der Waals surface area contributed by atoms with Crippen molar-refractivity contribution >= 4 is 29.0 Å². The summed E-state index contributed by atoms with van der Waals surface area (Å²) in [7, 11) is 0. The predicted molar refractivity (Wildman–Crippen MR) is 75.9 cm³/mol. The monoisotopic (exact) mass is 286 g/mol. The molecule has 0 radical (unpaired) electrons. The van der Waals surface area contributed by atoms with Crippen molar-refractivity contribution in [1.29, 1.82) is 0 Å². The summed E-state index contributed by atoms with van der Waals surface area (Å²) in [5, 5.41) is 0.366. The Hall–Kier alpha value is -2.20. The van der Waals surface area contributed by atoms with E-state index in [-0.39, 0.29) is 6.54 Å². The van der Waals surface area contributed by atoms with Gasteiger partial charge in [0.1, 0.15) is 5.15 Å². The number of pyridine rings is 1. The van der Waals surface area contributed by atoms with Gasteiger partial charge in [0.15, 0.2) is 0 Å². The van der Waals surface area contributed by atoms with E-state index in [0.29, 0.717) is 22.1 Å². The number of ketones is 1. The number of fused-ring (bicyclic) bond motifs is 1. The second-order valence-corrected chi connectivity index (χ2v) is 5.03. The second-order valence-electron chi connectivity index (χ2n) is 4.64. The Bertz CT molecular complexity index is 728. The van der Waals surface area contributed by atoms with E-state index < -0.39 is 11.7 Å². The second kappa shape index (κ2) is 4.72. The van der Waals surface area contributed by atoms with Gasteiger partial charge in [-0.3, -0.25) is 14.5 Å². The topological polar surface area (TPSA) is 50.3 Å². The summed E-state index contributed by atoms with van der Waals surface area (Å²) < 4.78 is 0. The molecule has 100 valence electrons. The lowest BCUT2D eigenvalue weighted by molar-refractivity contribution is -0.114. The van der Waals surface area contributed by atoms with Crippen LogP contribution in [0.3, 0.4) is 0 Å². The third-order valence-electron chi connectivity index (χ3n) is 3.28. The minimum Gasteiger partial charge on any atom is -0.298 e. The predicted octanol–water partition coefficient (Wildman–Crippen LogP) is 2.77. The summed E-state index contributed by atoms with van der Waals surface area (Å²) in [6, 6.07) is 10.5. The van der Waals surface area contributed by atoms with Crippen LogP contribution in [0.5, 0.6) is 0 Å². The van der Waals surface area contributed by atoms with Crippen molar-refractivity contribution in [3.8, 4) is 0 Å². The van der Waals surface area contributed by atoms with Gasteiger partial charge in [-0.1, -0.05) is 29.8 Å². The first-order valence-corrected chi connectivity index (χ1v) is 6.53. The van der Waals surface area contributed by atoms with Crippen molar-refractivity contribution in [1.82, 2.24) is 4.98 Å². The Kier molecular flexibility index (Phi) is 3.03. The number of aromatic nitrogens is 1. The lowest BCUT2D eigenvalue weighted by Gasteiger charge is -2.17. The van der Waals surface area contributed by atoms with Gasteiger partial charge in [-0.2, -0.15) is 0 Å². The van der Waals surface area contributed by atoms with Gasteiger partial charge < -0.3 is 0 Å². The molecule has 5 heteroatoms. The van der Waals surface area contributed by atoms with Crippen LogP contribution >= 0.6 is 11.6 Å². The first-order valence-electron chi connectivity index (χ1n) is 6.15. The van der Waals surface area contributed by atoms with Crippen molar-refractivity contribution in [2.45, 2.75) is 13.5 Å². The zero-order valence-electron chi connectivity index (χ0n) is 10.8. The molecule has 1 aliphatic heterocycles. The minimum absolute atomic E-state index is 0.239. The third kappa shape index (κ3) is 1.98. The number of hydrogen-bond acceptors (Lipinski definition) is 3. The average Bonchev–Trinajstić information content (AvgIpc) is 2.66. The van der Waals surface area contributed by atoms with Gasteiger partial charge in [-0.05, 0) is 30.7 Å². The number of Topliss-reactive ketones (excluding diaryl/α,β-unsaturated/α-hetero) is 1. The molecule has 2 heterocycles. The van der Waals surface area contributed by atoms with Crippen molar-refractivity contribution in [3.63, 3.8) is 0 Å². The first kappa shape index (κ1) is 12.8. The van der Waals surface area contributed by atoms with Crippen LogP contribution in [0.1, 0.15) is 21.6 Å². The summed E-state index contributed by atoms with van der Waals surface area (Å²) in [4.78, 5) is 29.7. The molecule has 0 N–H and O–H groups in total. The molecule has 1 aromatic carbocycles. The van der Waals surface area contributed by atoms with Crippen LogP contribution in [-0.2, 0) is 11.3 Å². The molecule has 0 aliphatic carbocycles. The van der Waals surface area contributed by atoms with Crippen LogP contribution in [0.4, 0.5) is 5.69 Å². The summed E-state index contributed by atoms with van der Waals surface area (Å²) in [5.74, 6) is -0.984. The molecule has 0 fully saturated rings. The van der Waals surface area contributed by atoms with Gasteiger partial charge in [0.05, 0.1) is 23.5 Å². The van der Waals surface area contributed by atoms with E-state index in [0.717, 1.165) is 5.56 Å². The summed E-state index contributed by atoms with van der Waals surface area (Å²) >= 11 is 5.85. The van der Waals surface area contributed by atoms with Crippen LogP contribution < -0.4 is 4.90 Å². The number of carbonyl (C=O) groups excluding carboxylic acids is 2. The number of rotatable bonds is 2. The van der Waals surface area contributed by atoms with E-state index in [1.165, 1.54) is 4.90 Å². The molecule has 1 amide bonds. The highest BCUT2D eigenvalue weighted by Gasteiger charge is 2.36. The quantitative estimate of drug-likeness (QED) is 0.630. The number of carbonyl (C=O) groups is 2. The minimum atomic E-state index is -0.518. The van der Waals surface area contributed by atoms with E-state index in [1.807, 2.05) is 13.0 Å². The molecule has 0 spiro atoms. The van der Waals surface area contributed by atoms with Gasteiger partial charge in [0.25, 0.3) is 11.7 Å². The highest BCUT2D eigenvalue weighted by molar-refractivity contribution is 6.52. The van der Waals surface area contributed by atoms with E-state index in [9.17, 15) is 9.59 Å². The Morgan fingerprint density at radius 1 is 1.15 bits per heavy atom. The van der Waals surface area contributed by atoms with E-state index in [2.05, 4.69) is 4.98 Å². The molecule has 3 rings (SSSR count). The molecule has 0 atom stereocenters. The number of benzene rings is 1. The van der Waals surface area contributed by atoms with E-state index in [4.69, 9.17) is 11.6 Å². The van der Waals surface area contributed by atoms with Crippen molar-refractivity contribution in [3.05, 3.63) is 58.4 Å². The number of nitrogens with zero attached hydrogens (tertiary/aromatic N) is 2. The molecule has 0 bridgehead atoms. The SMILES string of the molecule is Cc1cccc2c1N(Cc1cccc(Cl)n1)C(=O)C2=O. The number of halogens is 1. The summed E-state index contributed by atoms with van der Waals surface area (Å²) in [5.41, 5.74) is 2.67. The largest absolute Gasteiger partial charge is 0.299 e. The Labute approximate surface area is 121 Å². The molecular formula is C15H11ClN2O2. The summed E-state index contributed by atoms with van der Waals surface area (Å²) in [6.07, 6.45) is 0. The molecule has 0 unspecified atom stereocenters. The number of aryl methyl sites for hydroxylation is 1. The Balaban J connectivity index is 2.03. The maximum atomic E-state index is 12.1. The van der Waals surface area contributed by atoms with Crippen LogP contribution in [0, 0.1) is 6.92 Å². The maximum absolute atomic E-state index is 12.1. The maximum Gasteiger partial charge on any atom is 0.299 e. The molecule has 1 aliphatic rings. The highest BCUT2D eigenvalue weighted by Crippen LogP contribution is 2.33. The van der Waals surface area contributed by atoms with Gasteiger partial charge in [0.2, 0.25) is 0 Å². The lowest BCUT2D eigenvalue weighted by Crippen LogP contribution is -2.29. The first-order chi connectivity index (χ1) is 9.58. The Morgan fingerprint density at radius 3 is 2.65 bits per heavy atom. The zero-order valence-corrected chi connectivity index (χ0v) is 11.5. The normalized spacial score (nSPS) is 13.8. The van der Waals surface area contributed by atoms with Crippen molar-refractivity contribution < 1.29 is 9.59 Å². The van der Waals surface area contributed by atoms with Gasteiger partial charge in [-0.15, -0.1) is 0 Å². The molecule has 2 aromatic rings. The van der Waals surface area contributed by atoms with E-state index >= 15 is 0 Å². The van der Waals surface area contributed by atoms with Crippen LogP contribution in [-0.4, -0.2) is 16.7 Å². The highest BCUT2D eigenvalue weighted by atomic mass is 35.5. The molecule has 20 heavy (non-hydrogen) atoms. The third-order valence-corrected chi connectivity index (χ3v) is 3.50. The standard InChI is InChI=1S/C15H11ClN2O2/c1-9-4-2-6-11-13(9)18(15(20)14(11)19)8-10-5-3-7-12(16)17-10/h2-7H,8H2,1H3. The van der Waals surface area contributed by atoms with Crippen molar-refractivity contribution in [2.75, 3.05) is 4.90 Å². The zero-order chi connectivity index (χ0) is 14.3. The Morgan fingerprint density at radius 2 is 1.90 bits per heavy atom. The molecular weight excluding hydrogens is 276 g/mol. The average molecular weight is 287 g/mol. The molecule has 1 aromatic heterocycles. The fourth-order valence-electron chi connectivity index (χ4n) is 2.39. The summed E-state index contributed by atoms with van der Waals surface area (Å²) in [6.45, 7) is 2.12. The van der Waals surface area contributed by atoms with Crippen LogP contribution in [0.15, 0.2) is 36.4 Å². The van der Waals surface area contributed by atoms with Crippen LogP contribution in [0.2, 0.25) is 5.15 Å². The smallest absolute Gasteiger partial charge is 0.298 e. The van der Waals surface area contributed by atoms with Crippen molar-refractivity contribution in [2.24, 2.45) is 0 Å². The number of hydrogen-bond donors (Lipinski definition) is 0. The van der Waals surface area contributed by atoms with E-state index in [1.54, 1.807) is 30.3 Å². The lowest BCUT2D eigenvalue weighted by atomic mass is 10.1. The molecule has 0 saturated heterocycles. The number of para-hydroxylation sites is 1. The van der Waals surface area contributed by atoms with Crippen LogP contribution in [0.25, 0.3) is 0 Å². The van der Waals surface area contributed by atoms with Gasteiger partial charge in [-0.25, -0.2) is 4.98 Å². The number of amides is 1. The fourth-order valence-corrected chi connectivity index (χ4v) is 2.57. The number of anilines is 1. The van der Waals surface area contributed by atoms with Gasteiger partial charge >= 0.3 is 0 Å². The fraction of sp³-hybridized carbons (Fsp3) is 0.133. The molecule has 4 nitrogen and oxygen atoms in total. The molecule has 0 saturated carbocycles. The van der Waals surface area contributed by atoms with Gasteiger partial charge in [0, 0.05) is 0 Å².